The molecule has 3 nitrogen and oxygen atoms in total. The number of ether oxygens (including phenoxy) is 2. The van der Waals surface area contributed by atoms with Crippen molar-refractivity contribution in [3.05, 3.63) is 65.2 Å². The topological polar surface area (TPSA) is 30.5 Å². The van der Waals surface area contributed by atoms with Gasteiger partial charge < -0.3 is 14.8 Å². The van der Waals surface area contributed by atoms with E-state index in [9.17, 15) is 0 Å². The van der Waals surface area contributed by atoms with E-state index in [0.29, 0.717) is 6.61 Å². The fourth-order valence-electron chi connectivity index (χ4n) is 2.59. The van der Waals surface area contributed by atoms with Crippen molar-refractivity contribution in [2.24, 2.45) is 0 Å². The summed E-state index contributed by atoms with van der Waals surface area (Å²) >= 11 is 0. The van der Waals surface area contributed by atoms with Crippen LogP contribution in [0.1, 0.15) is 42.9 Å². The van der Waals surface area contributed by atoms with Gasteiger partial charge >= 0.3 is 0 Å². The van der Waals surface area contributed by atoms with Crippen LogP contribution >= 0.6 is 0 Å². The van der Waals surface area contributed by atoms with Gasteiger partial charge in [-0.25, -0.2) is 0 Å². The summed E-state index contributed by atoms with van der Waals surface area (Å²) in [7, 11) is 0. The van der Waals surface area contributed by atoms with Gasteiger partial charge in [-0.15, -0.1) is 0 Å². The Balaban J connectivity index is 1.66. The van der Waals surface area contributed by atoms with Crippen molar-refractivity contribution in [2.75, 3.05) is 19.8 Å². The first kappa shape index (κ1) is 19.5. The average Bonchev–Trinajstić information content (AvgIpc) is 2.63. The van der Waals surface area contributed by atoms with Gasteiger partial charge in [-0.3, -0.25) is 0 Å². The molecule has 2 rings (SSSR count). The predicted molar refractivity (Wildman–Crippen MR) is 104 cm³/mol. The van der Waals surface area contributed by atoms with E-state index in [1.165, 1.54) is 23.1 Å². The molecule has 136 valence electrons. The third-order valence-electron chi connectivity index (χ3n) is 4.00. The van der Waals surface area contributed by atoms with Crippen molar-refractivity contribution < 1.29 is 9.47 Å². The molecule has 0 heterocycles. The van der Waals surface area contributed by atoms with E-state index in [-0.39, 0.29) is 0 Å². The zero-order valence-corrected chi connectivity index (χ0v) is 15.6. The summed E-state index contributed by atoms with van der Waals surface area (Å²) < 4.78 is 11.5. The Labute approximate surface area is 152 Å². The highest BCUT2D eigenvalue weighted by Crippen LogP contribution is 2.15. The molecule has 0 amide bonds. The second-order valence-electron chi connectivity index (χ2n) is 6.42. The zero-order valence-electron chi connectivity index (χ0n) is 15.6. The Hall–Kier alpha value is -1.84. The summed E-state index contributed by atoms with van der Waals surface area (Å²) in [5.74, 6) is 0.920. The van der Waals surface area contributed by atoms with Crippen molar-refractivity contribution in [3.63, 3.8) is 0 Å². The molecule has 0 bridgehead atoms. The number of aryl methyl sites for hydroxylation is 1. The minimum atomic E-state index is 0.605. The standard InChI is InChI=1S/C22H31NO2/c1-3-4-13-24-14-7-12-23-17-20-9-6-11-22(16-20)25-18-21-10-5-8-19(2)15-21/h5-6,8-11,15-16,23H,3-4,7,12-14,17-18H2,1-2H3. The number of unbranched alkanes of at least 4 members (excludes halogenated alkanes) is 1. The lowest BCUT2D eigenvalue weighted by molar-refractivity contribution is 0.129. The van der Waals surface area contributed by atoms with E-state index in [1.54, 1.807) is 0 Å². The van der Waals surface area contributed by atoms with Gasteiger partial charge in [0.15, 0.2) is 0 Å². The number of nitrogens with one attached hydrogen (secondary N) is 1. The molecule has 0 unspecified atom stereocenters. The van der Waals surface area contributed by atoms with Crippen LogP contribution in [0.15, 0.2) is 48.5 Å². The number of rotatable bonds is 12. The maximum Gasteiger partial charge on any atom is 0.120 e. The average molecular weight is 341 g/mol. The molecule has 0 fully saturated rings. The molecule has 25 heavy (non-hydrogen) atoms. The van der Waals surface area contributed by atoms with E-state index in [2.05, 4.69) is 61.6 Å². The highest BCUT2D eigenvalue weighted by Gasteiger charge is 1.99. The normalized spacial score (nSPS) is 10.8. The lowest BCUT2D eigenvalue weighted by Crippen LogP contribution is -2.16. The Morgan fingerprint density at radius 3 is 2.56 bits per heavy atom. The van der Waals surface area contributed by atoms with Gasteiger partial charge in [0.05, 0.1) is 0 Å². The first-order valence-electron chi connectivity index (χ1n) is 9.33. The first-order chi connectivity index (χ1) is 12.3. The van der Waals surface area contributed by atoms with Crippen LogP contribution in [-0.4, -0.2) is 19.8 Å². The molecular formula is C22H31NO2. The lowest BCUT2D eigenvalue weighted by atomic mass is 10.1. The highest BCUT2D eigenvalue weighted by atomic mass is 16.5. The van der Waals surface area contributed by atoms with E-state index < -0.39 is 0 Å². The van der Waals surface area contributed by atoms with Crippen LogP contribution in [0.25, 0.3) is 0 Å². The Kier molecular flexibility index (Phi) is 9.09. The Bertz CT molecular complexity index is 612. The van der Waals surface area contributed by atoms with E-state index in [0.717, 1.165) is 44.9 Å². The van der Waals surface area contributed by atoms with Crippen LogP contribution < -0.4 is 10.1 Å². The Morgan fingerprint density at radius 2 is 1.72 bits per heavy atom. The van der Waals surface area contributed by atoms with Gasteiger partial charge in [0.2, 0.25) is 0 Å². The monoisotopic (exact) mass is 341 g/mol. The van der Waals surface area contributed by atoms with Crippen LogP contribution in [0, 0.1) is 6.92 Å². The number of benzene rings is 2. The molecule has 2 aromatic rings. The quantitative estimate of drug-likeness (QED) is 0.559. The summed E-state index contributed by atoms with van der Waals surface area (Å²) in [5, 5.41) is 3.47. The second-order valence-corrected chi connectivity index (χ2v) is 6.42. The van der Waals surface area contributed by atoms with E-state index >= 15 is 0 Å². The van der Waals surface area contributed by atoms with Crippen molar-refractivity contribution in [1.29, 1.82) is 0 Å². The molecule has 0 aliphatic carbocycles. The van der Waals surface area contributed by atoms with Crippen LogP contribution in [0.5, 0.6) is 5.75 Å². The smallest absolute Gasteiger partial charge is 0.120 e. The molecule has 2 aromatic carbocycles. The van der Waals surface area contributed by atoms with Crippen molar-refractivity contribution in [1.82, 2.24) is 5.32 Å². The van der Waals surface area contributed by atoms with Gasteiger partial charge in [0, 0.05) is 19.8 Å². The summed E-state index contributed by atoms with van der Waals surface area (Å²) in [6.45, 7) is 8.45. The van der Waals surface area contributed by atoms with Crippen molar-refractivity contribution in [3.8, 4) is 5.75 Å². The molecule has 0 spiro atoms. The number of hydrogen-bond donors (Lipinski definition) is 1. The molecule has 3 heteroatoms. The molecule has 0 atom stereocenters. The zero-order chi connectivity index (χ0) is 17.7. The van der Waals surface area contributed by atoms with Crippen LogP contribution in [0.3, 0.4) is 0 Å². The molecule has 0 aliphatic heterocycles. The third kappa shape index (κ3) is 8.19. The molecular weight excluding hydrogens is 310 g/mol. The first-order valence-corrected chi connectivity index (χ1v) is 9.33. The van der Waals surface area contributed by atoms with Crippen molar-refractivity contribution >= 4 is 0 Å². The molecule has 0 saturated heterocycles. The van der Waals surface area contributed by atoms with E-state index in [4.69, 9.17) is 9.47 Å². The molecule has 1 N–H and O–H groups in total. The summed E-state index contributed by atoms with van der Waals surface area (Å²) in [6.07, 6.45) is 3.40. The predicted octanol–water partition coefficient (Wildman–Crippen LogP) is 4.87. The van der Waals surface area contributed by atoms with Gasteiger partial charge in [-0.1, -0.05) is 55.3 Å². The van der Waals surface area contributed by atoms with Gasteiger partial charge in [-0.05, 0) is 49.6 Å². The summed E-state index contributed by atoms with van der Waals surface area (Å²) in [6, 6.07) is 16.7. The number of hydrogen-bond acceptors (Lipinski definition) is 3. The van der Waals surface area contributed by atoms with Crippen LogP contribution in [-0.2, 0) is 17.9 Å². The largest absolute Gasteiger partial charge is 0.489 e. The maximum absolute atomic E-state index is 5.92. The minimum absolute atomic E-state index is 0.605. The third-order valence-corrected chi connectivity index (χ3v) is 4.00. The molecule has 0 aromatic heterocycles. The van der Waals surface area contributed by atoms with Gasteiger partial charge in [0.25, 0.3) is 0 Å². The fraction of sp³-hybridized carbons (Fsp3) is 0.455. The molecule has 0 radical (unpaired) electrons. The minimum Gasteiger partial charge on any atom is -0.489 e. The van der Waals surface area contributed by atoms with Gasteiger partial charge in [0.1, 0.15) is 12.4 Å². The molecule has 0 saturated carbocycles. The fourth-order valence-corrected chi connectivity index (χ4v) is 2.59. The summed E-state index contributed by atoms with van der Waals surface area (Å²) in [5.41, 5.74) is 3.71. The van der Waals surface area contributed by atoms with Crippen LogP contribution in [0.4, 0.5) is 0 Å². The lowest BCUT2D eigenvalue weighted by Gasteiger charge is -2.10. The van der Waals surface area contributed by atoms with E-state index in [1.807, 2.05) is 6.07 Å². The highest BCUT2D eigenvalue weighted by molar-refractivity contribution is 5.29. The maximum atomic E-state index is 5.92. The summed E-state index contributed by atoms with van der Waals surface area (Å²) in [4.78, 5) is 0. The molecule has 0 aliphatic rings. The van der Waals surface area contributed by atoms with Crippen LogP contribution in [0.2, 0.25) is 0 Å². The Morgan fingerprint density at radius 1 is 0.920 bits per heavy atom. The SMILES string of the molecule is CCCCOCCCNCc1cccc(OCc2cccc(C)c2)c1. The van der Waals surface area contributed by atoms with Crippen molar-refractivity contribution in [2.45, 2.75) is 46.3 Å². The van der Waals surface area contributed by atoms with Gasteiger partial charge in [-0.2, -0.15) is 0 Å². The second kappa shape index (κ2) is 11.7.